The number of hydrogen-bond donors (Lipinski definition) is 0. The van der Waals surface area contributed by atoms with E-state index in [1.807, 2.05) is 13.0 Å². The van der Waals surface area contributed by atoms with Crippen molar-refractivity contribution in [2.75, 3.05) is 0 Å². The Balaban J connectivity index is 2.98. The Bertz CT molecular complexity index is 471. The Morgan fingerprint density at radius 2 is 2.00 bits per heavy atom. The van der Waals surface area contributed by atoms with E-state index in [9.17, 15) is 4.39 Å². The van der Waals surface area contributed by atoms with Gasteiger partial charge in [-0.1, -0.05) is 12.1 Å². The third-order valence-electron chi connectivity index (χ3n) is 2.32. The van der Waals surface area contributed by atoms with Crippen molar-refractivity contribution in [3.05, 3.63) is 29.2 Å². The number of rotatable bonds is 0. The molecule has 13 heavy (non-hydrogen) atoms. The minimum atomic E-state index is -0.166. The predicted molar refractivity (Wildman–Crippen MR) is 50.1 cm³/mol. The topological polar surface area (TPSA) is 17.8 Å². The molecule has 0 fully saturated rings. The summed E-state index contributed by atoms with van der Waals surface area (Å²) in [5, 5.41) is 5.06. The van der Waals surface area contributed by atoms with Crippen LogP contribution in [0.2, 0.25) is 0 Å². The fourth-order valence-corrected chi connectivity index (χ4v) is 1.60. The van der Waals surface area contributed by atoms with Crippen molar-refractivity contribution < 1.29 is 4.39 Å². The van der Waals surface area contributed by atoms with Crippen LogP contribution in [0.25, 0.3) is 10.9 Å². The molecule has 0 aliphatic carbocycles. The third kappa shape index (κ3) is 1.03. The van der Waals surface area contributed by atoms with E-state index in [1.165, 1.54) is 0 Å². The first-order valence-electron chi connectivity index (χ1n) is 4.19. The van der Waals surface area contributed by atoms with Gasteiger partial charge in [-0.3, -0.25) is 4.68 Å². The summed E-state index contributed by atoms with van der Waals surface area (Å²) in [7, 11) is 1.76. The van der Waals surface area contributed by atoms with Crippen molar-refractivity contribution in [2.24, 2.45) is 7.05 Å². The lowest BCUT2D eigenvalue weighted by atomic mass is 10.1. The molecule has 0 atom stereocenters. The van der Waals surface area contributed by atoms with Crippen LogP contribution in [0.4, 0.5) is 4.39 Å². The maximum absolute atomic E-state index is 13.6. The lowest BCUT2D eigenvalue weighted by Crippen LogP contribution is -1.93. The zero-order valence-corrected chi connectivity index (χ0v) is 7.93. The Morgan fingerprint density at radius 3 is 2.69 bits per heavy atom. The molecule has 0 radical (unpaired) electrons. The fraction of sp³-hybridized carbons (Fsp3) is 0.300. The van der Waals surface area contributed by atoms with Crippen LogP contribution in [0.5, 0.6) is 0 Å². The maximum Gasteiger partial charge on any atom is 0.151 e. The highest BCUT2D eigenvalue weighted by Gasteiger charge is 2.10. The number of fused-ring (bicyclic) bond motifs is 1. The Labute approximate surface area is 76.0 Å². The van der Waals surface area contributed by atoms with E-state index in [2.05, 4.69) is 5.10 Å². The summed E-state index contributed by atoms with van der Waals surface area (Å²) in [5.74, 6) is -0.166. The van der Waals surface area contributed by atoms with Crippen LogP contribution in [-0.2, 0) is 7.05 Å². The lowest BCUT2D eigenvalue weighted by Gasteiger charge is -1.99. The van der Waals surface area contributed by atoms with Gasteiger partial charge in [0.05, 0.1) is 5.69 Å². The molecule has 0 amide bonds. The van der Waals surface area contributed by atoms with Crippen molar-refractivity contribution in [3.63, 3.8) is 0 Å². The van der Waals surface area contributed by atoms with Gasteiger partial charge >= 0.3 is 0 Å². The number of aryl methyl sites for hydroxylation is 3. The summed E-state index contributed by atoms with van der Waals surface area (Å²) in [5.41, 5.74) is 2.13. The average molecular weight is 178 g/mol. The van der Waals surface area contributed by atoms with E-state index in [0.717, 1.165) is 11.1 Å². The molecule has 0 N–H and O–H groups in total. The summed E-state index contributed by atoms with van der Waals surface area (Å²) in [6.45, 7) is 3.65. The van der Waals surface area contributed by atoms with Crippen LogP contribution in [0.3, 0.4) is 0 Å². The van der Waals surface area contributed by atoms with Crippen molar-refractivity contribution in [3.8, 4) is 0 Å². The third-order valence-corrected chi connectivity index (χ3v) is 2.32. The molecule has 0 unspecified atom stereocenters. The van der Waals surface area contributed by atoms with Crippen LogP contribution in [0.1, 0.15) is 11.3 Å². The molecule has 0 aliphatic heterocycles. The predicted octanol–water partition coefficient (Wildman–Crippen LogP) is 2.33. The highest BCUT2D eigenvalue weighted by molar-refractivity contribution is 5.83. The first kappa shape index (κ1) is 8.23. The quantitative estimate of drug-likeness (QED) is 0.605. The van der Waals surface area contributed by atoms with E-state index in [-0.39, 0.29) is 5.82 Å². The highest BCUT2D eigenvalue weighted by atomic mass is 19.1. The Morgan fingerprint density at radius 1 is 1.31 bits per heavy atom. The molecule has 68 valence electrons. The van der Waals surface area contributed by atoms with Gasteiger partial charge in [0.25, 0.3) is 0 Å². The largest absolute Gasteiger partial charge is 0.265 e. The first-order chi connectivity index (χ1) is 6.11. The number of aromatic nitrogens is 2. The minimum absolute atomic E-state index is 0.166. The summed E-state index contributed by atoms with van der Waals surface area (Å²) in [6.07, 6.45) is 0. The van der Waals surface area contributed by atoms with Gasteiger partial charge < -0.3 is 0 Å². The van der Waals surface area contributed by atoms with Crippen LogP contribution in [-0.4, -0.2) is 9.78 Å². The van der Waals surface area contributed by atoms with Gasteiger partial charge in [0, 0.05) is 12.4 Å². The number of benzene rings is 1. The van der Waals surface area contributed by atoms with E-state index in [0.29, 0.717) is 11.1 Å². The zero-order chi connectivity index (χ0) is 9.59. The molecule has 3 heteroatoms. The van der Waals surface area contributed by atoms with Crippen molar-refractivity contribution in [2.45, 2.75) is 13.8 Å². The fourth-order valence-electron chi connectivity index (χ4n) is 1.60. The molecule has 0 aliphatic rings. The number of halogens is 1. The molecule has 0 saturated carbocycles. The van der Waals surface area contributed by atoms with Gasteiger partial charge in [0.1, 0.15) is 5.52 Å². The number of hydrogen-bond acceptors (Lipinski definition) is 1. The summed E-state index contributed by atoms with van der Waals surface area (Å²) in [4.78, 5) is 0. The molecule has 0 bridgehead atoms. The van der Waals surface area contributed by atoms with E-state index >= 15 is 0 Å². The van der Waals surface area contributed by atoms with Gasteiger partial charge in [-0.15, -0.1) is 0 Å². The Hall–Kier alpha value is -1.38. The molecule has 1 aromatic carbocycles. The molecular weight excluding hydrogens is 167 g/mol. The van der Waals surface area contributed by atoms with Crippen LogP contribution < -0.4 is 0 Å². The molecule has 0 spiro atoms. The van der Waals surface area contributed by atoms with Crippen molar-refractivity contribution >= 4 is 10.9 Å². The second kappa shape index (κ2) is 2.55. The van der Waals surface area contributed by atoms with Crippen LogP contribution in [0, 0.1) is 19.7 Å². The SMILES string of the molecule is Cc1ccc2c(C)nn(C)c2c1F. The normalized spacial score (nSPS) is 11.1. The van der Waals surface area contributed by atoms with Gasteiger partial charge in [0.15, 0.2) is 5.82 Å². The number of nitrogens with zero attached hydrogens (tertiary/aromatic N) is 2. The zero-order valence-electron chi connectivity index (χ0n) is 7.93. The Kier molecular flexibility index (Phi) is 1.62. The molecule has 2 rings (SSSR count). The van der Waals surface area contributed by atoms with E-state index in [4.69, 9.17) is 0 Å². The monoisotopic (exact) mass is 178 g/mol. The minimum Gasteiger partial charge on any atom is -0.265 e. The van der Waals surface area contributed by atoms with E-state index < -0.39 is 0 Å². The standard InChI is InChI=1S/C10H11FN2/c1-6-4-5-8-7(2)12-13(3)10(8)9(6)11/h4-5H,1-3H3. The summed E-state index contributed by atoms with van der Waals surface area (Å²) < 4.78 is 15.2. The molecule has 0 saturated heterocycles. The van der Waals surface area contributed by atoms with Gasteiger partial charge in [0.2, 0.25) is 0 Å². The van der Waals surface area contributed by atoms with Crippen molar-refractivity contribution in [1.29, 1.82) is 0 Å². The van der Waals surface area contributed by atoms with Gasteiger partial charge in [-0.25, -0.2) is 4.39 Å². The highest BCUT2D eigenvalue weighted by Crippen LogP contribution is 2.22. The lowest BCUT2D eigenvalue weighted by molar-refractivity contribution is 0.617. The van der Waals surface area contributed by atoms with E-state index in [1.54, 1.807) is 24.7 Å². The summed E-state index contributed by atoms with van der Waals surface area (Å²) in [6, 6.07) is 3.70. The maximum atomic E-state index is 13.6. The molecule has 2 nitrogen and oxygen atoms in total. The average Bonchev–Trinajstić information content (AvgIpc) is 2.35. The second-order valence-electron chi connectivity index (χ2n) is 3.30. The van der Waals surface area contributed by atoms with Crippen LogP contribution in [0.15, 0.2) is 12.1 Å². The first-order valence-corrected chi connectivity index (χ1v) is 4.19. The smallest absolute Gasteiger partial charge is 0.151 e. The molecule has 1 heterocycles. The van der Waals surface area contributed by atoms with Gasteiger partial charge in [-0.05, 0) is 19.4 Å². The van der Waals surface area contributed by atoms with Gasteiger partial charge in [-0.2, -0.15) is 5.10 Å². The van der Waals surface area contributed by atoms with Crippen LogP contribution >= 0.6 is 0 Å². The molecular formula is C10H11FN2. The molecule has 2 aromatic rings. The molecule has 1 aromatic heterocycles. The second-order valence-corrected chi connectivity index (χ2v) is 3.30. The summed E-state index contributed by atoms with van der Waals surface area (Å²) >= 11 is 0. The van der Waals surface area contributed by atoms with Crippen molar-refractivity contribution in [1.82, 2.24) is 9.78 Å².